The fraction of sp³-hybridized carbons (Fsp3) is 0.267. The fourth-order valence-corrected chi connectivity index (χ4v) is 8.86. The topological polar surface area (TPSA) is 44.9 Å². The molecule has 9 aromatic rings. The minimum absolute atomic E-state index is 0. The zero-order valence-corrected chi connectivity index (χ0v) is 42.6. The van der Waals surface area contributed by atoms with E-state index in [0.29, 0.717) is 11.5 Å². The van der Waals surface area contributed by atoms with Crippen LogP contribution in [0.3, 0.4) is 0 Å². The number of hydrogen-bond donors (Lipinski definition) is 0. The van der Waals surface area contributed by atoms with E-state index >= 15 is 0 Å². The van der Waals surface area contributed by atoms with Crippen molar-refractivity contribution in [3.63, 3.8) is 0 Å². The SMILES string of the molecule is CC(C)(C)c1ccc(-c2ccnc(-n3c4[c-]c(Oc5[c-]c(-n6cc(-c7ccccc7-c7ccccc7)cn6)ccc5C(C)(C)C)ccc4c4cc(C(C)(C)C)ccc43)c2)c(C(C)(C)C)c1.[Pt+2]. The van der Waals surface area contributed by atoms with Crippen LogP contribution in [0.25, 0.3) is 66.7 Å². The van der Waals surface area contributed by atoms with Crippen LogP contribution in [0.2, 0.25) is 0 Å². The molecule has 3 aromatic heterocycles. The third kappa shape index (κ3) is 9.08. The molecule has 6 heteroatoms. The van der Waals surface area contributed by atoms with Gasteiger partial charge in [-0.1, -0.05) is 179 Å². The minimum Gasteiger partial charge on any atom is -0.509 e. The average Bonchev–Trinajstić information content (AvgIpc) is 3.88. The van der Waals surface area contributed by atoms with E-state index in [4.69, 9.17) is 14.8 Å². The largest absolute Gasteiger partial charge is 2.00 e. The van der Waals surface area contributed by atoms with Gasteiger partial charge in [0.1, 0.15) is 5.82 Å². The first-order chi connectivity index (χ1) is 30.7. The maximum Gasteiger partial charge on any atom is 2.00 e. The van der Waals surface area contributed by atoms with Gasteiger partial charge in [-0.25, -0.2) is 4.98 Å². The molecule has 0 aliphatic carbocycles. The first-order valence-electron chi connectivity index (χ1n) is 22.8. The first-order valence-corrected chi connectivity index (χ1v) is 22.8. The van der Waals surface area contributed by atoms with E-state index in [0.717, 1.165) is 61.1 Å². The van der Waals surface area contributed by atoms with Crippen LogP contribution in [-0.4, -0.2) is 19.3 Å². The molecule has 0 fully saturated rings. The number of pyridine rings is 1. The first kappa shape index (κ1) is 46.5. The van der Waals surface area contributed by atoms with E-state index in [1.807, 2.05) is 29.2 Å². The molecule has 0 atom stereocenters. The molecule has 336 valence electrons. The van der Waals surface area contributed by atoms with Gasteiger partial charge >= 0.3 is 21.1 Å². The molecule has 5 nitrogen and oxygen atoms in total. The van der Waals surface area contributed by atoms with Crippen molar-refractivity contribution in [1.82, 2.24) is 19.3 Å². The fourth-order valence-electron chi connectivity index (χ4n) is 8.86. The molecule has 0 amide bonds. The predicted octanol–water partition coefficient (Wildman–Crippen LogP) is 15.9. The summed E-state index contributed by atoms with van der Waals surface area (Å²) in [5, 5.41) is 7.09. The number of benzene rings is 6. The van der Waals surface area contributed by atoms with Crippen LogP contribution < -0.4 is 4.74 Å². The van der Waals surface area contributed by atoms with E-state index in [1.165, 1.54) is 27.8 Å². The van der Waals surface area contributed by atoms with Gasteiger partial charge in [0.25, 0.3) is 0 Å². The van der Waals surface area contributed by atoms with Gasteiger partial charge in [0.2, 0.25) is 0 Å². The summed E-state index contributed by atoms with van der Waals surface area (Å²) in [6.07, 6.45) is 5.93. The van der Waals surface area contributed by atoms with Crippen molar-refractivity contribution in [2.24, 2.45) is 0 Å². The Hall–Kier alpha value is -6.03. The van der Waals surface area contributed by atoms with Crippen molar-refractivity contribution in [2.75, 3.05) is 0 Å². The summed E-state index contributed by atoms with van der Waals surface area (Å²) >= 11 is 0. The van der Waals surface area contributed by atoms with Crippen molar-refractivity contribution < 1.29 is 25.8 Å². The monoisotopic (exact) mass is 1050 g/mol. The Balaban J connectivity index is 0.00000592. The summed E-state index contributed by atoms with van der Waals surface area (Å²) in [7, 11) is 0. The van der Waals surface area contributed by atoms with Gasteiger partial charge < -0.3 is 9.30 Å². The van der Waals surface area contributed by atoms with Crippen LogP contribution in [0.5, 0.6) is 11.5 Å². The predicted molar refractivity (Wildman–Crippen MR) is 271 cm³/mol. The van der Waals surface area contributed by atoms with E-state index in [9.17, 15) is 0 Å². The second-order valence-electron chi connectivity index (χ2n) is 21.6. The third-order valence-corrected chi connectivity index (χ3v) is 12.6. The van der Waals surface area contributed by atoms with Crippen LogP contribution >= 0.6 is 0 Å². The number of ether oxygens (including phenoxy) is 1. The summed E-state index contributed by atoms with van der Waals surface area (Å²) < 4.78 is 11.1. The van der Waals surface area contributed by atoms with Crippen LogP contribution in [0.4, 0.5) is 0 Å². The maximum atomic E-state index is 6.94. The average molecular weight is 1050 g/mol. The van der Waals surface area contributed by atoms with Crippen LogP contribution in [0.15, 0.2) is 146 Å². The Labute approximate surface area is 406 Å². The summed E-state index contributed by atoms with van der Waals surface area (Å²) in [6.45, 7) is 27.1. The molecule has 9 rings (SSSR count). The zero-order valence-electron chi connectivity index (χ0n) is 40.4. The summed E-state index contributed by atoms with van der Waals surface area (Å²) in [5.74, 6) is 2.06. The second kappa shape index (κ2) is 17.3. The van der Waals surface area contributed by atoms with Crippen molar-refractivity contribution in [3.8, 4) is 56.4 Å². The van der Waals surface area contributed by atoms with Gasteiger partial charge in [0.05, 0.1) is 6.20 Å². The van der Waals surface area contributed by atoms with E-state index < -0.39 is 0 Å². The Morgan fingerprint density at radius 3 is 1.85 bits per heavy atom. The molecule has 0 unspecified atom stereocenters. The molecule has 0 aliphatic rings. The Bertz CT molecular complexity index is 3220. The molecule has 0 aliphatic heterocycles. The molecule has 0 N–H and O–H groups in total. The van der Waals surface area contributed by atoms with Gasteiger partial charge in [-0.2, -0.15) is 17.2 Å². The standard InChI is InChI=1S/C60H60N4O.Pt/c1-57(2,3)42-23-29-53-50(33-42)49-27-25-45(36-54(49)64(53)56-32-40(30-31-61-56)48-26-22-43(58(4,5)6)34-52(48)60(10,11)12)65-55-35-44(24-28-51(55)59(7,8)9)63-38-41(37-62-63)47-21-17-16-20-46(47)39-18-14-13-15-19-39;/h13-34,37-38H,1-12H3;/q-2;+2. The van der Waals surface area contributed by atoms with E-state index in [2.05, 4.69) is 221 Å². The van der Waals surface area contributed by atoms with Crippen LogP contribution in [0.1, 0.15) is 105 Å². The molecule has 0 saturated carbocycles. The van der Waals surface area contributed by atoms with Crippen molar-refractivity contribution in [3.05, 3.63) is 180 Å². The molecule has 0 saturated heterocycles. The summed E-state index contributed by atoms with van der Waals surface area (Å²) in [4.78, 5) is 5.07. The van der Waals surface area contributed by atoms with Crippen LogP contribution in [-0.2, 0) is 42.7 Å². The second-order valence-corrected chi connectivity index (χ2v) is 21.6. The summed E-state index contributed by atoms with van der Waals surface area (Å²) in [6, 6.07) is 52.9. The van der Waals surface area contributed by atoms with Crippen molar-refractivity contribution >= 4 is 21.8 Å². The van der Waals surface area contributed by atoms with Crippen molar-refractivity contribution in [1.29, 1.82) is 0 Å². The normalized spacial score (nSPS) is 12.4. The molecule has 0 radical (unpaired) electrons. The van der Waals surface area contributed by atoms with Gasteiger partial charge in [0.15, 0.2) is 0 Å². The van der Waals surface area contributed by atoms with E-state index in [1.54, 1.807) is 0 Å². The number of aromatic nitrogens is 4. The zero-order chi connectivity index (χ0) is 46.1. The molecule has 0 bridgehead atoms. The smallest absolute Gasteiger partial charge is 0.509 e. The number of fused-ring (bicyclic) bond motifs is 3. The Morgan fingerprint density at radius 1 is 0.515 bits per heavy atom. The van der Waals surface area contributed by atoms with Gasteiger partial charge in [0, 0.05) is 35.0 Å². The molecule has 3 heterocycles. The number of nitrogens with zero attached hydrogens (tertiary/aromatic N) is 4. The Morgan fingerprint density at radius 2 is 1.17 bits per heavy atom. The maximum absolute atomic E-state index is 6.94. The molecule has 0 spiro atoms. The quantitative estimate of drug-likeness (QED) is 0.149. The van der Waals surface area contributed by atoms with Crippen LogP contribution in [0, 0.1) is 12.1 Å². The van der Waals surface area contributed by atoms with Gasteiger partial charge in [-0.15, -0.1) is 35.2 Å². The number of rotatable bonds is 7. The molecular weight excluding hydrogens is 988 g/mol. The number of hydrogen-bond acceptors (Lipinski definition) is 3. The van der Waals surface area contributed by atoms with Crippen molar-refractivity contribution in [2.45, 2.75) is 105 Å². The molecule has 66 heavy (non-hydrogen) atoms. The van der Waals surface area contributed by atoms with E-state index in [-0.39, 0.29) is 42.7 Å². The third-order valence-electron chi connectivity index (χ3n) is 12.6. The van der Waals surface area contributed by atoms with Gasteiger partial charge in [-0.05, 0) is 90.0 Å². The molecular formula is C60H60N4OPt. The van der Waals surface area contributed by atoms with Gasteiger partial charge in [-0.3, -0.25) is 4.68 Å². The molecule has 6 aromatic carbocycles. The Kier molecular flexibility index (Phi) is 12.2. The minimum atomic E-state index is -0.224. The summed E-state index contributed by atoms with van der Waals surface area (Å²) in [5.41, 5.74) is 14.2.